The van der Waals surface area contributed by atoms with Crippen LogP contribution < -0.4 is 10.9 Å². The molecule has 22 heavy (non-hydrogen) atoms. The van der Waals surface area contributed by atoms with Gasteiger partial charge in [0.05, 0.1) is 6.42 Å². The van der Waals surface area contributed by atoms with E-state index in [1.54, 1.807) is 0 Å². The van der Waals surface area contributed by atoms with Crippen LogP contribution in [-0.4, -0.2) is 11.8 Å². The number of hydrogen-bond acceptors (Lipinski definition) is 2. The van der Waals surface area contributed by atoms with E-state index in [9.17, 15) is 9.59 Å². The monoisotopic (exact) mass is 296 g/mol. The van der Waals surface area contributed by atoms with Gasteiger partial charge in [0.2, 0.25) is 11.8 Å². The summed E-state index contributed by atoms with van der Waals surface area (Å²) in [7, 11) is 0. The molecule has 1 aliphatic carbocycles. The average molecular weight is 296 g/mol. The molecule has 0 unspecified atom stereocenters. The van der Waals surface area contributed by atoms with Crippen LogP contribution in [0.2, 0.25) is 0 Å². The molecule has 2 aromatic carbocycles. The van der Waals surface area contributed by atoms with Crippen LogP contribution >= 0.6 is 0 Å². The van der Waals surface area contributed by atoms with Crippen LogP contribution in [0, 0.1) is 5.92 Å². The molecular formula is C18H20N2O2. The van der Waals surface area contributed by atoms with Crippen molar-refractivity contribution in [1.82, 2.24) is 10.9 Å². The van der Waals surface area contributed by atoms with Crippen molar-refractivity contribution in [3.05, 3.63) is 48.0 Å². The summed E-state index contributed by atoms with van der Waals surface area (Å²) in [5.41, 5.74) is 6.05. The molecule has 4 heteroatoms. The summed E-state index contributed by atoms with van der Waals surface area (Å²) in [5, 5.41) is 2.19. The Bertz CT molecular complexity index is 685. The molecular weight excluding hydrogens is 276 g/mol. The topological polar surface area (TPSA) is 58.2 Å². The molecule has 2 amide bonds. The Morgan fingerprint density at radius 3 is 2.50 bits per heavy atom. The quantitative estimate of drug-likeness (QED) is 0.856. The highest BCUT2D eigenvalue weighted by molar-refractivity contribution is 5.91. The van der Waals surface area contributed by atoms with Gasteiger partial charge >= 0.3 is 0 Å². The number of carbonyl (C=O) groups is 2. The molecule has 0 spiro atoms. The lowest BCUT2D eigenvalue weighted by Gasteiger charge is -2.12. The van der Waals surface area contributed by atoms with Gasteiger partial charge in [0, 0.05) is 5.92 Å². The van der Waals surface area contributed by atoms with E-state index in [-0.39, 0.29) is 24.2 Å². The van der Waals surface area contributed by atoms with Gasteiger partial charge < -0.3 is 0 Å². The van der Waals surface area contributed by atoms with E-state index in [1.807, 2.05) is 42.5 Å². The number of benzene rings is 2. The highest BCUT2D eigenvalue weighted by Gasteiger charge is 2.22. The molecule has 0 bridgehead atoms. The Labute approximate surface area is 129 Å². The van der Waals surface area contributed by atoms with Gasteiger partial charge in [0.1, 0.15) is 0 Å². The lowest BCUT2D eigenvalue weighted by molar-refractivity contribution is -0.130. The second-order valence-corrected chi connectivity index (χ2v) is 5.83. The van der Waals surface area contributed by atoms with Gasteiger partial charge in [-0.3, -0.25) is 20.4 Å². The second kappa shape index (κ2) is 6.60. The fourth-order valence-electron chi connectivity index (χ4n) is 3.09. The van der Waals surface area contributed by atoms with Crippen molar-refractivity contribution in [3.63, 3.8) is 0 Å². The van der Waals surface area contributed by atoms with Crippen molar-refractivity contribution in [2.24, 2.45) is 5.92 Å². The Morgan fingerprint density at radius 1 is 0.955 bits per heavy atom. The predicted molar refractivity (Wildman–Crippen MR) is 85.9 cm³/mol. The number of fused-ring (bicyclic) bond motifs is 1. The molecule has 3 rings (SSSR count). The molecule has 0 heterocycles. The standard InChI is InChI=1S/C18H20N2O2/c21-17(19-20-18(22)14-7-1-2-8-14)12-15-10-5-9-13-6-3-4-11-16(13)15/h3-6,9-11,14H,1-2,7-8,12H2,(H,19,21)(H,20,22). The normalized spacial score (nSPS) is 14.9. The number of rotatable bonds is 3. The summed E-state index contributed by atoms with van der Waals surface area (Å²) < 4.78 is 0. The maximum absolute atomic E-state index is 12.0. The van der Waals surface area contributed by atoms with Crippen molar-refractivity contribution in [2.75, 3.05) is 0 Å². The third kappa shape index (κ3) is 3.27. The Kier molecular flexibility index (Phi) is 4.37. The number of nitrogens with one attached hydrogen (secondary N) is 2. The lowest BCUT2D eigenvalue weighted by atomic mass is 10.0. The SMILES string of the molecule is O=C(Cc1cccc2ccccc12)NNC(=O)C1CCCC1. The number of hydrogen-bond donors (Lipinski definition) is 2. The maximum Gasteiger partial charge on any atom is 0.242 e. The summed E-state index contributed by atoms with van der Waals surface area (Å²) >= 11 is 0. The first-order valence-corrected chi connectivity index (χ1v) is 7.79. The van der Waals surface area contributed by atoms with Crippen LogP contribution in [0.1, 0.15) is 31.2 Å². The third-order valence-electron chi connectivity index (χ3n) is 4.28. The van der Waals surface area contributed by atoms with Crippen LogP contribution in [0.4, 0.5) is 0 Å². The minimum Gasteiger partial charge on any atom is -0.273 e. The zero-order chi connectivity index (χ0) is 15.4. The smallest absolute Gasteiger partial charge is 0.242 e. The minimum absolute atomic E-state index is 0.0536. The number of hydrazine groups is 1. The van der Waals surface area contributed by atoms with Crippen molar-refractivity contribution in [3.8, 4) is 0 Å². The molecule has 1 saturated carbocycles. The fraction of sp³-hybridized carbons (Fsp3) is 0.333. The number of carbonyl (C=O) groups excluding carboxylic acids is 2. The average Bonchev–Trinajstić information content (AvgIpc) is 3.07. The molecule has 2 N–H and O–H groups in total. The highest BCUT2D eigenvalue weighted by Crippen LogP contribution is 2.24. The van der Waals surface area contributed by atoms with E-state index in [2.05, 4.69) is 10.9 Å². The van der Waals surface area contributed by atoms with Crippen molar-refractivity contribution >= 4 is 22.6 Å². The molecule has 0 aromatic heterocycles. The van der Waals surface area contributed by atoms with Crippen molar-refractivity contribution in [2.45, 2.75) is 32.1 Å². The first-order chi connectivity index (χ1) is 10.7. The van der Waals surface area contributed by atoms with E-state index < -0.39 is 0 Å². The molecule has 0 atom stereocenters. The van der Waals surface area contributed by atoms with Gasteiger partial charge in [0.15, 0.2) is 0 Å². The molecule has 0 radical (unpaired) electrons. The first kappa shape index (κ1) is 14.6. The van der Waals surface area contributed by atoms with Crippen LogP contribution in [0.3, 0.4) is 0 Å². The molecule has 4 nitrogen and oxygen atoms in total. The van der Waals surface area contributed by atoms with Crippen LogP contribution in [-0.2, 0) is 16.0 Å². The largest absolute Gasteiger partial charge is 0.273 e. The summed E-state index contributed by atoms with van der Waals surface area (Å²) in [6.45, 7) is 0. The highest BCUT2D eigenvalue weighted by atomic mass is 16.2. The zero-order valence-corrected chi connectivity index (χ0v) is 12.5. The van der Waals surface area contributed by atoms with Crippen molar-refractivity contribution in [1.29, 1.82) is 0 Å². The zero-order valence-electron chi connectivity index (χ0n) is 12.5. The van der Waals surface area contributed by atoms with Gasteiger partial charge in [-0.25, -0.2) is 0 Å². The van der Waals surface area contributed by atoms with Gasteiger partial charge in [-0.15, -0.1) is 0 Å². The Hall–Kier alpha value is -2.36. The molecule has 0 aliphatic heterocycles. The third-order valence-corrected chi connectivity index (χ3v) is 4.28. The van der Waals surface area contributed by atoms with Gasteiger partial charge in [-0.2, -0.15) is 0 Å². The Balaban J connectivity index is 1.60. The minimum atomic E-state index is -0.192. The van der Waals surface area contributed by atoms with Gasteiger partial charge in [-0.05, 0) is 29.2 Å². The number of amides is 2. The summed E-state index contributed by atoms with van der Waals surface area (Å²) in [6, 6.07) is 13.9. The second-order valence-electron chi connectivity index (χ2n) is 5.83. The molecule has 2 aromatic rings. The van der Waals surface area contributed by atoms with E-state index in [1.165, 1.54) is 0 Å². The van der Waals surface area contributed by atoms with E-state index in [0.717, 1.165) is 42.0 Å². The van der Waals surface area contributed by atoms with Crippen LogP contribution in [0.5, 0.6) is 0 Å². The summed E-state index contributed by atoms with van der Waals surface area (Å²) in [6.07, 6.45) is 4.30. The summed E-state index contributed by atoms with van der Waals surface area (Å²) in [4.78, 5) is 23.9. The Morgan fingerprint density at radius 2 is 1.68 bits per heavy atom. The summed E-state index contributed by atoms with van der Waals surface area (Å²) in [5.74, 6) is -0.204. The molecule has 1 aliphatic rings. The van der Waals surface area contributed by atoms with Crippen LogP contribution in [0.25, 0.3) is 10.8 Å². The predicted octanol–water partition coefficient (Wildman–Crippen LogP) is 2.72. The molecule has 0 saturated heterocycles. The van der Waals surface area contributed by atoms with E-state index >= 15 is 0 Å². The molecule has 114 valence electrons. The van der Waals surface area contributed by atoms with E-state index in [0.29, 0.717) is 0 Å². The van der Waals surface area contributed by atoms with Crippen LogP contribution in [0.15, 0.2) is 42.5 Å². The van der Waals surface area contributed by atoms with E-state index in [4.69, 9.17) is 0 Å². The lowest BCUT2D eigenvalue weighted by Crippen LogP contribution is -2.44. The van der Waals surface area contributed by atoms with Gasteiger partial charge in [0.25, 0.3) is 0 Å². The maximum atomic E-state index is 12.0. The van der Waals surface area contributed by atoms with Crippen molar-refractivity contribution < 1.29 is 9.59 Å². The fourth-order valence-corrected chi connectivity index (χ4v) is 3.09. The van der Waals surface area contributed by atoms with Gasteiger partial charge in [-0.1, -0.05) is 55.3 Å². The first-order valence-electron chi connectivity index (χ1n) is 7.79. The molecule has 1 fully saturated rings.